The SMILES string of the molecule is COC[C@H]1CN[C@H](C)CN1CC(=O)N1CC(C)(C)c2nc(CN(C)CCOCCOCCOCCNC[C@@H](C(=O)Nc3ccc4cnccc4c3)c3ccccc3)c(Cc3ccc(F)cc3)cc21. The maximum absolute atomic E-state index is 14.1. The van der Waals surface area contributed by atoms with Gasteiger partial charge in [-0.3, -0.25) is 29.4 Å². The highest BCUT2D eigenvalue weighted by Gasteiger charge is 2.41. The number of piperazine rings is 1. The predicted octanol–water partition coefficient (Wildman–Crippen LogP) is 5.79. The Bertz CT molecular complexity index is 2390. The third-order valence-electron chi connectivity index (χ3n) is 12.7. The van der Waals surface area contributed by atoms with E-state index in [-0.39, 0.29) is 41.0 Å². The van der Waals surface area contributed by atoms with E-state index in [2.05, 4.69) is 64.6 Å². The van der Waals surface area contributed by atoms with Crippen molar-refractivity contribution in [3.8, 4) is 0 Å². The first kappa shape index (κ1) is 50.6. The number of carbonyl (C=O) groups is 2. The van der Waals surface area contributed by atoms with Gasteiger partial charge in [-0.1, -0.05) is 62.4 Å². The molecule has 5 aromatic rings. The number of halogens is 1. The van der Waals surface area contributed by atoms with E-state index in [9.17, 15) is 14.0 Å². The molecule has 2 aliphatic rings. The second-order valence-corrected chi connectivity index (χ2v) is 18.6. The van der Waals surface area contributed by atoms with E-state index in [1.165, 1.54) is 12.1 Å². The van der Waals surface area contributed by atoms with E-state index in [0.717, 1.165) is 63.3 Å². The number of aromatic nitrogens is 2. The molecule has 2 aromatic heterocycles. The number of hydrogen-bond acceptors (Lipinski definition) is 12. The fourth-order valence-corrected chi connectivity index (χ4v) is 8.94. The summed E-state index contributed by atoms with van der Waals surface area (Å²) in [6, 6.07) is 26.7. The van der Waals surface area contributed by atoms with Gasteiger partial charge in [-0.05, 0) is 78.9 Å². The number of fused-ring (bicyclic) bond motifs is 2. The molecule has 1 fully saturated rings. The summed E-state index contributed by atoms with van der Waals surface area (Å²) in [5.41, 5.74) is 6.03. The van der Waals surface area contributed by atoms with Gasteiger partial charge in [-0.25, -0.2) is 4.39 Å². The fraction of sp³-hybridized carbons (Fsp3) is 0.472. The van der Waals surface area contributed by atoms with Crippen LogP contribution in [0.3, 0.4) is 0 Å². The van der Waals surface area contributed by atoms with Crippen molar-refractivity contribution in [2.24, 2.45) is 0 Å². The quantitative estimate of drug-likeness (QED) is 0.0611. The number of hydrogen-bond donors (Lipinski definition) is 3. The Labute approximate surface area is 400 Å². The van der Waals surface area contributed by atoms with Gasteiger partial charge in [0.05, 0.1) is 75.8 Å². The lowest BCUT2D eigenvalue weighted by Crippen LogP contribution is -2.59. The summed E-state index contributed by atoms with van der Waals surface area (Å²) in [4.78, 5) is 43.4. The van der Waals surface area contributed by atoms with Crippen LogP contribution in [0.1, 0.15) is 54.8 Å². The lowest BCUT2D eigenvalue weighted by Gasteiger charge is -2.39. The van der Waals surface area contributed by atoms with Crippen molar-refractivity contribution in [1.82, 2.24) is 30.4 Å². The number of amides is 2. The molecule has 364 valence electrons. The van der Waals surface area contributed by atoms with Gasteiger partial charge in [-0.15, -0.1) is 0 Å². The van der Waals surface area contributed by atoms with Crippen molar-refractivity contribution >= 4 is 34.0 Å². The number of benzene rings is 3. The Balaban J connectivity index is 0.827. The monoisotopic (exact) mass is 933 g/mol. The first-order valence-corrected chi connectivity index (χ1v) is 23.8. The highest BCUT2D eigenvalue weighted by atomic mass is 19.1. The Morgan fingerprint density at radius 1 is 0.941 bits per heavy atom. The molecule has 3 N–H and O–H groups in total. The summed E-state index contributed by atoms with van der Waals surface area (Å²) in [7, 11) is 3.75. The summed E-state index contributed by atoms with van der Waals surface area (Å²) in [5, 5.41) is 12.0. The van der Waals surface area contributed by atoms with E-state index >= 15 is 0 Å². The molecule has 0 unspecified atom stereocenters. The van der Waals surface area contributed by atoms with E-state index in [4.69, 9.17) is 23.9 Å². The van der Waals surface area contributed by atoms with Crippen LogP contribution in [0.15, 0.2) is 97.3 Å². The Morgan fingerprint density at radius 2 is 1.69 bits per heavy atom. The van der Waals surface area contributed by atoms with Crippen molar-refractivity contribution in [2.75, 3.05) is 116 Å². The minimum atomic E-state index is -0.377. The average molecular weight is 933 g/mol. The first-order valence-electron chi connectivity index (χ1n) is 23.8. The van der Waals surface area contributed by atoms with Gasteiger partial charge < -0.3 is 39.8 Å². The number of pyridine rings is 2. The molecule has 3 aromatic carbocycles. The van der Waals surface area contributed by atoms with Gasteiger partial charge in [0.15, 0.2) is 0 Å². The van der Waals surface area contributed by atoms with Crippen LogP contribution < -0.4 is 20.9 Å². The number of anilines is 2. The number of nitrogens with one attached hydrogen (secondary N) is 3. The minimum absolute atomic E-state index is 0.0527. The van der Waals surface area contributed by atoms with Crippen LogP contribution in [-0.2, 0) is 46.9 Å². The number of rotatable bonds is 25. The van der Waals surface area contributed by atoms with Crippen molar-refractivity contribution in [1.29, 1.82) is 0 Å². The van der Waals surface area contributed by atoms with Crippen LogP contribution in [0.4, 0.5) is 15.8 Å². The van der Waals surface area contributed by atoms with Gasteiger partial charge in [0.25, 0.3) is 0 Å². The molecule has 0 aliphatic carbocycles. The molecule has 3 atom stereocenters. The summed E-state index contributed by atoms with van der Waals surface area (Å²) in [5.74, 6) is -0.681. The Kier molecular flexibility index (Phi) is 18.5. The molecular formula is C53H69FN8O6. The van der Waals surface area contributed by atoms with Gasteiger partial charge in [-0.2, -0.15) is 0 Å². The van der Waals surface area contributed by atoms with Gasteiger partial charge >= 0.3 is 0 Å². The smallest absolute Gasteiger partial charge is 0.241 e. The zero-order valence-electron chi connectivity index (χ0n) is 40.3. The number of nitrogens with zero attached hydrogens (tertiary/aromatic N) is 5. The number of carbonyl (C=O) groups excluding carboxylic acids is 2. The molecule has 4 heterocycles. The van der Waals surface area contributed by atoms with Crippen molar-refractivity contribution in [3.05, 3.63) is 131 Å². The van der Waals surface area contributed by atoms with E-state index < -0.39 is 0 Å². The third kappa shape index (κ3) is 14.2. The second-order valence-electron chi connectivity index (χ2n) is 18.6. The molecule has 15 heteroatoms. The maximum atomic E-state index is 14.1. The zero-order valence-corrected chi connectivity index (χ0v) is 40.3. The number of methoxy groups -OCH3 is 1. The minimum Gasteiger partial charge on any atom is -0.383 e. The molecule has 14 nitrogen and oxygen atoms in total. The van der Waals surface area contributed by atoms with E-state index in [1.807, 2.05) is 77.8 Å². The lowest BCUT2D eigenvalue weighted by molar-refractivity contribution is -0.121. The summed E-state index contributed by atoms with van der Waals surface area (Å²) in [6.07, 6.45) is 4.11. The molecule has 0 bridgehead atoms. The molecule has 68 heavy (non-hydrogen) atoms. The van der Waals surface area contributed by atoms with Crippen LogP contribution in [0, 0.1) is 5.82 Å². The van der Waals surface area contributed by atoms with Crippen molar-refractivity contribution < 1.29 is 32.9 Å². The molecule has 0 spiro atoms. The van der Waals surface area contributed by atoms with Crippen LogP contribution in [-0.4, -0.2) is 150 Å². The largest absolute Gasteiger partial charge is 0.383 e. The van der Waals surface area contributed by atoms with Gasteiger partial charge in [0.2, 0.25) is 11.8 Å². The van der Waals surface area contributed by atoms with Gasteiger partial charge in [0.1, 0.15) is 5.82 Å². The topological polar surface area (TPSA) is 143 Å². The first-order chi connectivity index (χ1) is 33.0. The normalized spacial score (nSPS) is 17.4. The maximum Gasteiger partial charge on any atom is 0.241 e. The molecule has 1 saturated heterocycles. The number of ether oxygens (including phenoxy) is 4. The number of likely N-dealkylation sites (N-methyl/N-ethyl adjacent to an activating group) is 1. The van der Waals surface area contributed by atoms with Crippen molar-refractivity contribution in [3.63, 3.8) is 0 Å². The summed E-state index contributed by atoms with van der Waals surface area (Å²) in [6.45, 7) is 14.5. The molecular weight excluding hydrogens is 864 g/mol. The predicted molar refractivity (Wildman–Crippen MR) is 265 cm³/mol. The zero-order chi connectivity index (χ0) is 47.9. The summed E-state index contributed by atoms with van der Waals surface area (Å²) >= 11 is 0. The van der Waals surface area contributed by atoms with Crippen LogP contribution in [0.2, 0.25) is 0 Å². The fourth-order valence-electron chi connectivity index (χ4n) is 8.94. The van der Waals surface area contributed by atoms with Crippen LogP contribution in [0.5, 0.6) is 0 Å². The molecule has 7 rings (SSSR count). The van der Waals surface area contributed by atoms with Gasteiger partial charge in [0, 0.05) is 93.9 Å². The van der Waals surface area contributed by atoms with E-state index in [0.29, 0.717) is 91.9 Å². The standard InChI is InChI=1S/C53H69FN8O6/c1-38-33-61(46(31-57-38)36-65-5)35-50(63)62-37-53(2,3)51-49(62)29-43(27-39-11-14-44(54)15-12-39)48(59-51)34-60(4)20-22-67-24-26-68-25-23-66-21-19-56-32-47(40-9-7-6-8-10-40)52(64)58-45-16-13-42-30-55-18-17-41(42)28-45/h6-18,28-30,38,46-47,56-57H,19-27,31-37H2,1-5H3,(H,58,64)/t38-,46-,47-/m1/s1. The highest BCUT2D eigenvalue weighted by molar-refractivity contribution is 5.98. The average Bonchev–Trinajstić information content (AvgIpc) is 3.59. The molecule has 2 amide bonds. The summed E-state index contributed by atoms with van der Waals surface area (Å²) < 4.78 is 36.9. The van der Waals surface area contributed by atoms with Crippen LogP contribution in [0.25, 0.3) is 10.8 Å². The molecule has 0 saturated carbocycles. The molecule has 2 aliphatic heterocycles. The van der Waals surface area contributed by atoms with E-state index in [1.54, 1.807) is 13.3 Å². The van der Waals surface area contributed by atoms with Crippen molar-refractivity contribution in [2.45, 2.75) is 57.2 Å². The lowest BCUT2D eigenvalue weighted by atomic mass is 9.90. The van der Waals surface area contributed by atoms with Crippen LogP contribution >= 0.6 is 0 Å². The second kappa shape index (κ2) is 24.9. The third-order valence-corrected chi connectivity index (χ3v) is 12.7. The highest BCUT2D eigenvalue weighted by Crippen LogP contribution is 2.41. The molecule has 0 radical (unpaired) electrons. The Hall–Kier alpha value is -5.23. The Morgan fingerprint density at radius 3 is 2.46 bits per heavy atom.